The highest BCUT2D eigenvalue weighted by Gasteiger charge is 2.32. The van der Waals surface area contributed by atoms with Crippen LogP contribution in [-0.2, 0) is 0 Å². The fraction of sp³-hybridized carbons (Fsp3) is 0.278. The third-order valence-electron chi connectivity index (χ3n) is 4.51. The number of hydrogen-bond acceptors (Lipinski definition) is 6. The minimum atomic E-state index is -0.0194. The van der Waals surface area contributed by atoms with Gasteiger partial charge in [-0.15, -0.1) is 0 Å². The van der Waals surface area contributed by atoms with Gasteiger partial charge in [-0.1, -0.05) is 6.07 Å². The number of benzene rings is 1. The first-order valence-electron chi connectivity index (χ1n) is 8.08. The van der Waals surface area contributed by atoms with Crippen LogP contribution in [0.3, 0.4) is 0 Å². The van der Waals surface area contributed by atoms with E-state index in [1.807, 2.05) is 35.1 Å². The molecule has 2 atom stereocenters. The van der Waals surface area contributed by atoms with E-state index in [1.54, 1.807) is 26.7 Å². The number of hydrogen-bond donors (Lipinski definition) is 1. The minimum absolute atomic E-state index is 0.0194. The van der Waals surface area contributed by atoms with Gasteiger partial charge in [0.15, 0.2) is 0 Å². The molecule has 128 valence electrons. The number of methoxy groups -OCH3 is 2. The Kier molecular flexibility index (Phi) is 3.97. The van der Waals surface area contributed by atoms with Gasteiger partial charge in [-0.2, -0.15) is 10.1 Å². The van der Waals surface area contributed by atoms with Gasteiger partial charge in [-0.3, -0.25) is 4.98 Å². The van der Waals surface area contributed by atoms with Crippen molar-refractivity contribution in [3.8, 4) is 11.5 Å². The SMILES string of the molecule is COc1ccc(OC)c(C2CC(c3cccnc3)Nc3ncnn32)c1. The normalized spacial score (nSPS) is 19.0. The first kappa shape index (κ1) is 15.4. The van der Waals surface area contributed by atoms with Crippen LogP contribution < -0.4 is 14.8 Å². The molecule has 7 heteroatoms. The average Bonchev–Trinajstić information content (AvgIpc) is 3.16. The molecule has 0 saturated carbocycles. The smallest absolute Gasteiger partial charge is 0.222 e. The Morgan fingerprint density at radius 2 is 2.12 bits per heavy atom. The Hall–Kier alpha value is -3.09. The summed E-state index contributed by atoms with van der Waals surface area (Å²) < 4.78 is 12.9. The van der Waals surface area contributed by atoms with Gasteiger partial charge in [0, 0.05) is 18.0 Å². The molecule has 7 nitrogen and oxygen atoms in total. The number of nitrogens with one attached hydrogen (secondary N) is 1. The fourth-order valence-electron chi connectivity index (χ4n) is 3.28. The molecule has 1 aliphatic heterocycles. The fourth-order valence-corrected chi connectivity index (χ4v) is 3.28. The Bertz CT molecular complexity index is 865. The van der Waals surface area contributed by atoms with Crippen molar-refractivity contribution in [3.05, 3.63) is 60.2 Å². The van der Waals surface area contributed by atoms with Crippen LogP contribution in [0.5, 0.6) is 11.5 Å². The number of anilines is 1. The second kappa shape index (κ2) is 6.43. The van der Waals surface area contributed by atoms with E-state index >= 15 is 0 Å². The first-order chi connectivity index (χ1) is 12.3. The Balaban J connectivity index is 1.79. The van der Waals surface area contributed by atoms with E-state index in [0.717, 1.165) is 35.0 Å². The lowest BCUT2D eigenvalue weighted by atomic mass is 9.93. The summed E-state index contributed by atoms with van der Waals surface area (Å²) >= 11 is 0. The predicted molar refractivity (Wildman–Crippen MR) is 92.9 cm³/mol. The number of aromatic nitrogens is 4. The summed E-state index contributed by atoms with van der Waals surface area (Å²) in [5.41, 5.74) is 2.13. The minimum Gasteiger partial charge on any atom is -0.497 e. The van der Waals surface area contributed by atoms with Crippen molar-refractivity contribution >= 4 is 5.95 Å². The Labute approximate surface area is 145 Å². The highest BCUT2D eigenvalue weighted by atomic mass is 16.5. The maximum Gasteiger partial charge on any atom is 0.222 e. The summed E-state index contributed by atoms with van der Waals surface area (Å²) in [6.07, 6.45) is 6.01. The molecule has 1 aliphatic rings. The second-order valence-electron chi connectivity index (χ2n) is 5.87. The standard InChI is InChI=1S/C18H19N5O2/c1-24-13-5-6-17(25-2)14(8-13)16-9-15(12-4-3-7-19-10-12)22-18-20-11-21-23(16)18/h3-8,10-11,15-16H,9H2,1-2H3,(H,20,21,22). The quantitative estimate of drug-likeness (QED) is 0.789. The lowest BCUT2D eigenvalue weighted by Gasteiger charge is -2.32. The van der Waals surface area contributed by atoms with Crippen molar-refractivity contribution in [1.29, 1.82) is 0 Å². The Morgan fingerprint density at radius 1 is 1.20 bits per heavy atom. The molecule has 0 spiro atoms. The highest BCUT2D eigenvalue weighted by molar-refractivity contribution is 5.45. The zero-order valence-corrected chi connectivity index (χ0v) is 14.1. The van der Waals surface area contributed by atoms with Gasteiger partial charge in [0.2, 0.25) is 5.95 Å². The molecule has 0 aliphatic carbocycles. The maximum atomic E-state index is 5.58. The third-order valence-corrected chi connectivity index (χ3v) is 4.51. The van der Waals surface area contributed by atoms with Crippen LogP contribution in [0.1, 0.15) is 29.6 Å². The van der Waals surface area contributed by atoms with Gasteiger partial charge >= 0.3 is 0 Å². The van der Waals surface area contributed by atoms with E-state index in [-0.39, 0.29) is 12.1 Å². The molecule has 25 heavy (non-hydrogen) atoms. The lowest BCUT2D eigenvalue weighted by molar-refractivity contribution is 0.373. The molecule has 0 radical (unpaired) electrons. The van der Waals surface area contributed by atoms with E-state index in [9.17, 15) is 0 Å². The molecule has 0 amide bonds. The number of pyridine rings is 1. The van der Waals surface area contributed by atoms with Gasteiger partial charge in [0.1, 0.15) is 17.8 Å². The first-order valence-corrected chi connectivity index (χ1v) is 8.08. The molecule has 3 heterocycles. The molecule has 0 bridgehead atoms. The topological polar surface area (TPSA) is 74.1 Å². The zero-order valence-electron chi connectivity index (χ0n) is 14.1. The zero-order chi connectivity index (χ0) is 17.2. The van der Waals surface area contributed by atoms with Crippen molar-refractivity contribution < 1.29 is 9.47 Å². The van der Waals surface area contributed by atoms with Crippen LogP contribution in [0.15, 0.2) is 49.1 Å². The number of nitrogens with zero attached hydrogens (tertiary/aromatic N) is 4. The monoisotopic (exact) mass is 337 g/mol. The summed E-state index contributed by atoms with van der Waals surface area (Å²) in [4.78, 5) is 8.59. The summed E-state index contributed by atoms with van der Waals surface area (Å²) in [6.45, 7) is 0. The summed E-state index contributed by atoms with van der Waals surface area (Å²) in [5, 5.41) is 7.84. The van der Waals surface area contributed by atoms with Gasteiger partial charge in [-0.05, 0) is 36.2 Å². The number of fused-ring (bicyclic) bond motifs is 1. The molecule has 0 saturated heterocycles. The number of rotatable bonds is 4. The van der Waals surface area contributed by atoms with Crippen LogP contribution in [0, 0.1) is 0 Å². The van der Waals surface area contributed by atoms with Gasteiger partial charge in [0.05, 0.1) is 26.3 Å². The molecule has 3 aromatic rings. The van der Waals surface area contributed by atoms with E-state index in [0.29, 0.717) is 0 Å². The van der Waals surface area contributed by atoms with Crippen molar-refractivity contribution in [1.82, 2.24) is 19.7 Å². The van der Waals surface area contributed by atoms with E-state index in [1.165, 1.54) is 0 Å². The van der Waals surface area contributed by atoms with Gasteiger partial charge in [-0.25, -0.2) is 4.68 Å². The molecule has 2 aromatic heterocycles. The van der Waals surface area contributed by atoms with Crippen LogP contribution in [0.2, 0.25) is 0 Å². The van der Waals surface area contributed by atoms with Crippen molar-refractivity contribution in [2.24, 2.45) is 0 Å². The third kappa shape index (κ3) is 2.77. The van der Waals surface area contributed by atoms with Gasteiger partial charge < -0.3 is 14.8 Å². The van der Waals surface area contributed by atoms with Crippen molar-refractivity contribution in [2.45, 2.75) is 18.5 Å². The summed E-state index contributed by atoms with van der Waals surface area (Å²) in [6, 6.07) is 9.89. The van der Waals surface area contributed by atoms with Crippen LogP contribution in [0.4, 0.5) is 5.95 Å². The number of ether oxygens (including phenoxy) is 2. The average molecular weight is 337 g/mol. The maximum absolute atomic E-state index is 5.58. The molecule has 0 fully saturated rings. The van der Waals surface area contributed by atoms with E-state index < -0.39 is 0 Å². The summed E-state index contributed by atoms with van der Waals surface area (Å²) in [7, 11) is 3.33. The lowest BCUT2D eigenvalue weighted by Crippen LogP contribution is -2.28. The van der Waals surface area contributed by atoms with E-state index in [2.05, 4.69) is 26.4 Å². The molecule has 4 rings (SSSR count). The second-order valence-corrected chi connectivity index (χ2v) is 5.87. The van der Waals surface area contributed by atoms with Gasteiger partial charge in [0.25, 0.3) is 0 Å². The molecule has 2 unspecified atom stereocenters. The van der Waals surface area contributed by atoms with Crippen molar-refractivity contribution in [3.63, 3.8) is 0 Å². The van der Waals surface area contributed by atoms with Crippen molar-refractivity contribution in [2.75, 3.05) is 19.5 Å². The largest absolute Gasteiger partial charge is 0.497 e. The Morgan fingerprint density at radius 3 is 2.88 bits per heavy atom. The molecule has 1 aromatic carbocycles. The highest BCUT2D eigenvalue weighted by Crippen LogP contribution is 2.41. The molecule has 1 N–H and O–H groups in total. The van der Waals surface area contributed by atoms with Crippen LogP contribution >= 0.6 is 0 Å². The van der Waals surface area contributed by atoms with Crippen LogP contribution in [-0.4, -0.2) is 34.0 Å². The summed E-state index contributed by atoms with van der Waals surface area (Å²) in [5.74, 6) is 2.32. The molecular weight excluding hydrogens is 318 g/mol. The predicted octanol–water partition coefficient (Wildman–Crippen LogP) is 2.84. The van der Waals surface area contributed by atoms with E-state index in [4.69, 9.17) is 9.47 Å². The molecular formula is C18H19N5O2. The van der Waals surface area contributed by atoms with Crippen LogP contribution in [0.25, 0.3) is 0 Å².